The van der Waals surface area contributed by atoms with Crippen molar-refractivity contribution in [1.29, 1.82) is 0 Å². The molecule has 18 heavy (non-hydrogen) atoms. The average Bonchev–Trinajstić information content (AvgIpc) is 2.42. The third-order valence-corrected chi connectivity index (χ3v) is 1.89. The van der Waals surface area contributed by atoms with E-state index in [0.29, 0.717) is 11.3 Å². The molecule has 0 bridgehead atoms. The molecule has 0 aliphatic heterocycles. The van der Waals surface area contributed by atoms with Crippen LogP contribution in [0, 0.1) is 11.8 Å². The summed E-state index contributed by atoms with van der Waals surface area (Å²) in [6.07, 6.45) is 0. The zero-order chi connectivity index (χ0) is 13.4. The molecule has 0 fully saturated rings. The molecule has 0 atom stereocenters. The van der Waals surface area contributed by atoms with Crippen molar-refractivity contribution in [2.75, 3.05) is 13.7 Å². The molecule has 1 aromatic carbocycles. The topological polar surface area (TPSA) is 90.6 Å². The lowest BCUT2D eigenvalue weighted by Gasteiger charge is -2.06. The van der Waals surface area contributed by atoms with E-state index in [1.165, 1.54) is 7.11 Å². The van der Waals surface area contributed by atoms with E-state index in [4.69, 9.17) is 10.6 Å². The molecule has 94 valence electrons. The second-order valence-electron chi connectivity index (χ2n) is 3.09. The Morgan fingerprint density at radius 2 is 2.11 bits per heavy atom. The number of methoxy groups -OCH3 is 1. The Kier molecular flexibility index (Phi) is 5.22. The van der Waals surface area contributed by atoms with E-state index in [9.17, 15) is 9.59 Å². The lowest BCUT2D eigenvalue weighted by Crippen LogP contribution is -2.34. The number of nitrogens with two attached hydrogens (primary N) is 1. The zero-order valence-corrected chi connectivity index (χ0v) is 9.73. The van der Waals surface area contributed by atoms with E-state index in [-0.39, 0.29) is 6.61 Å². The van der Waals surface area contributed by atoms with Crippen molar-refractivity contribution in [3.63, 3.8) is 0 Å². The molecule has 3 N–H and O–H groups in total. The van der Waals surface area contributed by atoms with E-state index in [1.54, 1.807) is 24.3 Å². The van der Waals surface area contributed by atoms with Gasteiger partial charge in [0, 0.05) is 5.92 Å². The van der Waals surface area contributed by atoms with Crippen molar-refractivity contribution in [3.8, 4) is 17.6 Å². The summed E-state index contributed by atoms with van der Waals surface area (Å²) in [6.45, 7) is -0.229. The highest BCUT2D eigenvalue weighted by atomic mass is 16.5. The number of rotatable bonds is 3. The largest absolute Gasteiger partial charge is 0.482 e. The number of nitrogens with one attached hydrogen (secondary N) is 1. The van der Waals surface area contributed by atoms with Gasteiger partial charge in [-0.2, -0.15) is 0 Å². The van der Waals surface area contributed by atoms with Gasteiger partial charge in [0.2, 0.25) is 0 Å². The summed E-state index contributed by atoms with van der Waals surface area (Å²) in [5.41, 5.74) is 2.42. The highest BCUT2D eigenvalue weighted by Gasteiger charge is 2.04. The van der Waals surface area contributed by atoms with E-state index in [1.807, 2.05) is 5.43 Å². The third-order valence-electron chi connectivity index (χ3n) is 1.89. The van der Waals surface area contributed by atoms with Gasteiger partial charge in [0.25, 0.3) is 5.91 Å². The van der Waals surface area contributed by atoms with Crippen LogP contribution in [0.4, 0.5) is 0 Å². The smallest absolute Gasteiger partial charge is 0.384 e. The Hall–Kier alpha value is -2.52. The minimum absolute atomic E-state index is 0.229. The first-order chi connectivity index (χ1) is 8.67. The van der Waals surface area contributed by atoms with E-state index >= 15 is 0 Å². The highest BCUT2D eigenvalue weighted by Crippen LogP contribution is 2.16. The first-order valence-corrected chi connectivity index (χ1v) is 4.98. The SMILES string of the molecule is COC(=O)C#Cc1ccccc1OCC(=O)NN. The van der Waals surface area contributed by atoms with Crippen molar-refractivity contribution in [1.82, 2.24) is 5.43 Å². The summed E-state index contributed by atoms with van der Waals surface area (Å²) in [5, 5.41) is 0. The molecule has 0 heterocycles. The van der Waals surface area contributed by atoms with Gasteiger partial charge in [-0.05, 0) is 12.1 Å². The number of amides is 1. The predicted octanol–water partition coefficient (Wildman–Crippen LogP) is -0.420. The molecular weight excluding hydrogens is 236 g/mol. The van der Waals surface area contributed by atoms with Crippen molar-refractivity contribution in [2.45, 2.75) is 0 Å². The number of para-hydroxylation sites is 1. The molecule has 0 aliphatic rings. The molecule has 0 aromatic heterocycles. The van der Waals surface area contributed by atoms with Gasteiger partial charge in [-0.1, -0.05) is 18.1 Å². The van der Waals surface area contributed by atoms with Gasteiger partial charge in [-0.3, -0.25) is 10.2 Å². The minimum atomic E-state index is -0.649. The van der Waals surface area contributed by atoms with Crippen molar-refractivity contribution >= 4 is 11.9 Å². The summed E-state index contributed by atoms with van der Waals surface area (Å²) >= 11 is 0. The molecule has 6 heteroatoms. The molecule has 1 rings (SSSR count). The maximum atomic E-state index is 10.9. The number of hydrogen-bond acceptors (Lipinski definition) is 5. The fourth-order valence-electron chi connectivity index (χ4n) is 1.05. The van der Waals surface area contributed by atoms with E-state index < -0.39 is 11.9 Å². The standard InChI is InChI=1S/C12H12N2O4/c1-17-12(16)7-6-9-4-2-3-5-10(9)18-8-11(15)14-13/h2-5H,8,13H2,1H3,(H,14,15). The Morgan fingerprint density at radius 1 is 1.39 bits per heavy atom. The Bertz CT molecular complexity index is 502. The molecule has 1 amide bonds. The Labute approximate surface area is 104 Å². The fraction of sp³-hybridized carbons (Fsp3) is 0.167. The van der Waals surface area contributed by atoms with Gasteiger partial charge in [0.05, 0.1) is 12.7 Å². The Balaban J connectivity index is 2.81. The third kappa shape index (κ3) is 4.15. The van der Waals surface area contributed by atoms with Crippen LogP contribution in [0.15, 0.2) is 24.3 Å². The molecule has 1 aromatic rings. The lowest BCUT2D eigenvalue weighted by molar-refractivity contribution is -0.133. The first-order valence-electron chi connectivity index (χ1n) is 4.98. The normalized spacial score (nSPS) is 8.78. The summed E-state index contributed by atoms with van der Waals surface area (Å²) in [7, 11) is 1.24. The van der Waals surface area contributed by atoms with Crippen LogP contribution in [0.1, 0.15) is 5.56 Å². The highest BCUT2D eigenvalue weighted by molar-refractivity contribution is 5.89. The number of carbonyl (C=O) groups excluding carboxylic acids is 2. The minimum Gasteiger partial charge on any atom is -0.482 e. The van der Waals surface area contributed by atoms with E-state index in [2.05, 4.69) is 16.6 Å². The van der Waals surface area contributed by atoms with Crippen molar-refractivity contribution < 1.29 is 19.1 Å². The molecule has 6 nitrogen and oxygen atoms in total. The lowest BCUT2D eigenvalue weighted by atomic mass is 10.2. The number of ether oxygens (including phenoxy) is 2. The second-order valence-corrected chi connectivity index (χ2v) is 3.09. The number of hydrogen-bond donors (Lipinski definition) is 2. The quantitative estimate of drug-likeness (QED) is 0.249. The summed E-state index contributed by atoms with van der Waals surface area (Å²) in [6, 6.07) is 6.74. The van der Waals surface area contributed by atoms with Crippen LogP contribution in [0.3, 0.4) is 0 Å². The van der Waals surface area contributed by atoms with Crippen LogP contribution in [-0.2, 0) is 14.3 Å². The molecule has 0 radical (unpaired) electrons. The van der Waals surface area contributed by atoms with Crippen LogP contribution in [0.25, 0.3) is 0 Å². The summed E-state index contributed by atoms with van der Waals surface area (Å²) in [4.78, 5) is 21.8. The Morgan fingerprint density at radius 3 is 2.78 bits per heavy atom. The van der Waals surface area contributed by atoms with Crippen LogP contribution in [0.5, 0.6) is 5.75 Å². The van der Waals surface area contributed by atoms with Crippen LogP contribution in [-0.4, -0.2) is 25.6 Å². The van der Waals surface area contributed by atoms with Gasteiger partial charge in [0.1, 0.15) is 5.75 Å². The molecular formula is C12H12N2O4. The number of hydrazine groups is 1. The summed E-state index contributed by atoms with van der Waals surface area (Å²) in [5.74, 6) is 9.06. The van der Waals surface area contributed by atoms with Crippen LogP contribution < -0.4 is 16.0 Å². The van der Waals surface area contributed by atoms with Crippen molar-refractivity contribution in [2.24, 2.45) is 5.84 Å². The van der Waals surface area contributed by atoms with E-state index in [0.717, 1.165) is 0 Å². The molecule has 0 aliphatic carbocycles. The summed E-state index contributed by atoms with van der Waals surface area (Å²) < 4.78 is 9.60. The van der Waals surface area contributed by atoms with Gasteiger partial charge in [0.15, 0.2) is 6.61 Å². The molecule has 0 spiro atoms. The zero-order valence-electron chi connectivity index (χ0n) is 9.73. The molecule has 0 unspecified atom stereocenters. The number of benzene rings is 1. The van der Waals surface area contributed by atoms with Gasteiger partial charge >= 0.3 is 5.97 Å². The number of esters is 1. The predicted molar refractivity (Wildman–Crippen MR) is 63.2 cm³/mol. The van der Waals surface area contributed by atoms with Gasteiger partial charge < -0.3 is 9.47 Å². The van der Waals surface area contributed by atoms with Crippen LogP contribution >= 0.6 is 0 Å². The maximum Gasteiger partial charge on any atom is 0.384 e. The van der Waals surface area contributed by atoms with Gasteiger partial charge in [-0.15, -0.1) is 0 Å². The molecule has 0 saturated carbocycles. The fourth-order valence-corrected chi connectivity index (χ4v) is 1.05. The number of carbonyl (C=O) groups is 2. The maximum absolute atomic E-state index is 10.9. The monoisotopic (exact) mass is 248 g/mol. The van der Waals surface area contributed by atoms with Gasteiger partial charge in [-0.25, -0.2) is 10.6 Å². The second kappa shape index (κ2) is 6.93. The molecule has 0 saturated heterocycles. The van der Waals surface area contributed by atoms with Crippen LogP contribution in [0.2, 0.25) is 0 Å². The van der Waals surface area contributed by atoms with Crippen molar-refractivity contribution in [3.05, 3.63) is 29.8 Å². The first kappa shape index (κ1) is 13.5. The average molecular weight is 248 g/mol.